The molecule has 2 aromatic carbocycles. The summed E-state index contributed by atoms with van der Waals surface area (Å²) in [6.07, 6.45) is 2.61. The molecule has 1 aliphatic rings. The second-order valence-electron chi connectivity index (χ2n) is 7.00. The Morgan fingerprint density at radius 3 is 2.32 bits per heavy atom. The van der Waals surface area contributed by atoms with Gasteiger partial charge in [0, 0.05) is 18.8 Å². The number of sulfonamides is 2. The van der Waals surface area contributed by atoms with Crippen LogP contribution in [-0.2, 0) is 20.0 Å². The molecule has 168 valence electrons. The van der Waals surface area contributed by atoms with Crippen molar-refractivity contribution in [1.29, 1.82) is 0 Å². The van der Waals surface area contributed by atoms with E-state index in [4.69, 9.17) is 16.3 Å². The zero-order chi connectivity index (χ0) is 22.8. The van der Waals surface area contributed by atoms with Gasteiger partial charge in [-0.05, 0) is 49.2 Å². The molecule has 2 N–H and O–H groups in total. The van der Waals surface area contributed by atoms with Crippen molar-refractivity contribution in [3.05, 3.63) is 47.0 Å². The summed E-state index contributed by atoms with van der Waals surface area (Å²) < 4.78 is 57.3. The number of carbonyl (C=O) groups is 1. The third-order valence-electron chi connectivity index (χ3n) is 4.64. The van der Waals surface area contributed by atoms with E-state index in [1.807, 2.05) is 0 Å². The highest BCUT2D eigenvalue weighted by molar-refractivity contribution is 7.92. The van der Waals surface area contributed by atoms with Crippen molar-refractivity contribution in [3.63, 3.8) is 0 Å². The van der Waals surface area contributed by atoms with Gasteiger partial charge < -0.3 is 10.1 Å². The number of benzene rings is 2. The molecule has 0 aliphatic carbocycles. The van der Waals surface area contributed by atoms with Gasteiger partial charge in [0.2, 0.25) is 20.0 Å². The molecule has 0 aromatic heterocycles. The lowest BCUT2D eigenvalue weighted by Gasteiger charge is -2.17. The molecule has 1 aliphatic heterocycles. The number of methoxy groups -OCH3 is 1. The molecule has 2 aromatic rings. The molecule has 0 atom stereocenters. The molecule has 0 unspecified atom stereocenters. The number of anilines is 2. The fourth-order valence-electron chi connectivity index (χ4n) is 3.19. The molecular weight excluding hydrogens is 466 g/mol. The number of carbonyl (C=O) groups excluding carboxylic acids is 1. The first-order valence-electron chi connectivity index (χ1n) is 9.28. The number of ether oxygens (including phenoxy) is 1. The smallest absolute Gasteiger partial charge is 0.257 e. The Hall–Kier alpha value is -2.34. The van der Waals surface area contributed by atoms with E-state index in [0.29, 0.717) is 13.1 Å². The quantitative estimate of drug-likeness (QED) is 0.619. The first-order chi connectivity index (χ1) is 14.5. The summed E-state index contributed by atoms with van der Waals surface area (Å²) in [4.78, 5) is 12.8. The molecule has 31 heavy (non-hydrogen) atoms. The maximum atomic E-state index is 12.8. The molecular formula is C19H22ClN3O6S2. The molecule has 0 radical (unpaired) electrons. The average Bonchev–Trinajstić information content (AvgIpc) is 3.22. The Morgan fingerprint density at radius 2 is 1.74 bits per heavy atom. The molecule has 12 heteroatoms. The maximum absolute atomic E-state index is 12.8. The largest absolute Gasteiger partial charge is 0.495 e. The SMILES string of the molecule is COc1ccc(S(=O)(=O)N2CCCC2)cc1NC(=O)c1ccc(NS(C)(=O)=O)cc1Cl. The van der Waals surface area contributed by atoms with Crippen LogP contribution in [0.1, 0.15) is 23.2 Å². The zero-order valence-corrected chi connectivity index (χ0v) is 19.3. The number of hydrogen-bond acceptors (Lipinski definition) is 6. The van der Waals surface area contributed by atoms with Crippen molar-refractivity contribution in [2.45, 2.75) is 17.7 Å². The fourth-order valence-corrected chi connectivity index (χ4v) is 5.55. The highest BCUT2D eigenvalue weighted by atomic mass is 35.5. The van der Waals surface area contributed by atoms with Crippen LogP contribution in [-0.4, -0.2) is 53.5 Å². The van der Waals surface area contributed by atoms with Crippen molar-refractivity contribution in [2.75, 3.05) is 36.5 Å². The van der Waals surface area contributed by atoms with Crippen molar-refractivity contribution < 1.29 is 26.4 Å². The molecule has 9 nitrogen and oxygen atoms in total. The molecule has 3 rings (SSSR count). The minimum absolute atomic E-state index is 0.0194. The predicted octanol–water partition coefficient (Wildman–Crippen LogP) is 2.76. The van der Waals surface area contributed by atoms with Gasteiger partial charge in [-0.1, -0.05) is 11.6 Å². The van der Waals surface area contributed by atoms with Crippen LogP contribution in [0.25, 0.3) is 0 Å². The van der Waals surface area contributed by atoms with Gasteiger partial charge in [-0.3, -0.25) is 9.52 Å². The average molecular weight is 488 g/mol. The van der Waals surface area contributed by atoms with Gasteiger partial charge in [0.1, 0.15) is 5.75 Å². The van der Waals surface area contributed by atoms with Gasteiger partial charge in [0.05, 0.1) is 34.5 Å². The number of halogens is 1. The Labute approximate surface area is 186 Å². The standard InChI is InChI=1S/C19H22ClN3O6S2/c1-29-18-8-6-14(31(27,28)23-9-3-4-10-23)12-17(18)21-19(24)15-7-5-13(11-16(15)20)22-30(2,25)26/h5-8,11-12,22H,3-4,9-10H2,1-2H3,(H,21,24). The van der Waals surface area contributed by atoms with Crippen LogP contribution < -0.4 is 14.8 Å². The lowest BCUT2D eigenvalue weighted by atomic mass is 10.2. The van der Waals surface area contributed by atoms with Crippen LogP contribution in [0.5, 0.6) is 5.75 Å². The van der Waals surface area contributed by atoms with Crippen LogP contribution in [0, 0.1) is 0 Å². The second-order valence-corrected chi connectivity index (χ2v) is 11.1. The van der Waals surface area contributed by atoms with Gasteiger partial charge in [-0.2, -0.15) is 4.31 Å². The van der Waals surface area contributed by atoms with E-state index in [-0.39, 0.29) is 32.6 Å². The summed E-state index contributed by atoms with van der Waals surface area (Å²) in [7, 11) is -5.78. The Balaban J connectivity index is 1.88. The highest BCUT2D eigenvalue weighted by Gasteiger charge is 2.28. The molecule has 0 bridgehead atoms. The summed E-state index contributed by atoms with van der Waals surface area (Å²) in [6.45, 7) is 0.916. The Morgan fingerprint density at radius 1 is 1.06 bits per heavy atom. The number of amides is 1. The highest BCUT2D eigenvalue weighted by Crippen LogP contribution is 2.31. The van der Waals surface area contributed by atoms with E-state index in [1.165, 1.54) is 47.8 Å². The van der Waals surface area contributed by atoms with Crippen molar-refractivity contribution >= 4 is 48.9 Å². The number of nitrogens with zero attached hydrogens (tertiary/aromatic N) is 1. The van der Waals surface area contributed by atoms with E-state index in [0.717, 1.165) is 19.1 Å². The minimum Gasteiger partial charge on any atom is -0.495 e. The third kappa shape index (κ3) is 5.48. The van der Waals surface area contributed by atoms with Crippen LogP contribution >= 0.6 is 11.6 Å². The lowest BCUT2D eigenvalue weighted by Crippen LogP contribution is -2.28. The number of rotatable bonds is 7. The normalized spacial score (nSPS) is 14.9. The number of nitrogens with one attached hydrogen (secondary N) is 2. The van der Waals surface area contributed by atoms with Gasteiger partial charge in [0.25, 0.3) is 5.91 Å². The summed E-state index contributed by atoms with van der Waals surface area (Å²) in [5, 5.41) is 2.64. The zero-order valence-electron chi connectivity index (χ0n) is 16.9. The van der Waals surface area contributed by atoms with E-state index in [9.17, 15) is 21.6 Å². The van der Waals surface area contributed by atoms with Gasteiger partial charge in [0.15, 0.2) is 0 Å². The van der Waals surface area contributed by atoms with Crippen molar-refractivity contribution in [3.8, 4) is 5.75 Å². The summed E-state index contributed by atoms with van der Waals surface area (Å²) in [6, 6.07) is 8.32. The molecule has 1 fully saturated rings. The molecule has 0 saturated carbocycles. The molecule has 1 saturated heterocycles. The Bertz CT molecular complexity index is 1210. The predicted molar refractivity (Wildman–Crippen MR) is 119 cm³/mol. The van der Waals surface area contributed by atoms with Gasteiger partial charge in [-0.15, -0.1) is 0 Å². The van der Waals surface area contributed by atoms with Crippen LogP contribution in [0.4, 0.5) is 11.4 Å². The summed E-state index contributed by atoms with van der Waals surface area (Å²) in [5.41, 5.74) is 0.457. The first kappa shape index (κ1) is 23.3. The third-order valence-corrected chi connectivity index (χ3v) is 7.45. The second kappa shape index (κ2) is 9.03. The van der Waals surface area contributed by atoms with Crippen molar-refractivity contribution in [2.24, 2.45) is 0 Å². The van der Waals surface area contributed by atoms with E-state index < -0.39 is 26.0 Å². The van der Waals surface area contributed by atoms with Crippen molar-refractivity contribution in [1.82, 2.24) is 4.31 Å². The maximum Gasteiger partial charge on any atom is 0.257 e. The van der Waals surface area contributed by atoms with Crippen LogP contribution in [0.2, 0.25) is 5.02 Å². The Kier molecular flexibility index (Phi) is 6.79. The van der Waals surface area contributed by atoms with Crippen LogP contribution in [0.15, 0.2) is 41.3 Å². The minimum atomic E-state index is -3.68. The lowest BCUT2D eigenvalue weighted by molar-refractivity contribution is 0.102. The fraction of sp³-hybridized carbons (Fsp3) is 0.316. The van der Waals surface area contributed by atoms with E-state index >= 15 is 0 Å². The van der Waals surface area contributed by atoms with Gasteiger partial charge in [-0.25, -0.2) is 16.8 Å². The molecule has 1 amide bonds. The summed E-state index contributed by atoms with van der Waals surface area (Å²) in [5.74, 6) is -0.329. The van der Waals surface area contributed by atoms with Gasteiger partial charge >= 0.3 is 0 Å². The van der Waals surface area contributed by atoms with E-state index in [1.54, 1.807) is 0 Å². The first-order valence-corrected chi connectivity index (χ1v) is 13.0. The number of hydrogen-bond donors (Lipinski definition) is 2. The monoisotopic (exact) mass is 487 g/mol. The topological polar surface area (TPSA) is 122 Å². The summed E-state index contributed by atoms with van der Waals surface area (Å²) >= 11 is 6.15. The van der Waals surface area contributed by atoms with Crippen LogP contribution in [0.3, 0.4) is 0 Å². The van der Waals surface area contributed by atoms with E-state index in [2.05, 4.69) is 10.0 Å². The molecule has 1 heterocycles. The molecule has 0 spiro atoms.